The molecule has 0 aliphatic carbocycles. The van der Waals surface area contributed by atoms with Crippen LogP contribution in [0.2, 0.25) is 0 Å². The number of pyridine rings is 1. The summed E-state index contributed by atoms with van der Waals surface area (Å²) in [5.41, 5.74) is 7.38. The summed E-state index contributed by atoms with van der Waals surface area (Å²) in [6, 6.07) is 7.03. The van der Waals surface area contributed by atoms with Gasteiger partial charge in [-0.15, -0.1) is 0 Å². The van der Waals surface area contributed by atoms with Crippen molar-refractivity contribution in [1.82, 2.24) is 4.98 Å². The Morgan fingerprint density at radius 2 is 2.08 bits per heavy atom. The number of hydrogen-bond acceptors (Lipinski definition) is 2. The first kappa shape index (κ1) is 7.86. The zero-order valence-corrected chi connectivity index (χ0v) is 7.29. The molecule has 0 aliphatic heterocycles. The maximum atomic E-state index is 11.4. The zero-order chi connectivity index (χ0) is 9.42. The van der Waals surface area contributed by atoms with Crippen molar-refractivity contribution >= 4 is 16.7 Å². The number of benzene rings is 1. The number of nitrogens with two attached hydrogens (primary N) is 1. The van der Waals surface area contributed by atoms with Gasteiger partial charge in [0.1, 0.15) is 5.82 Å². The third kappa shape index (κ3) is 1.28. The van der Waals surface area contributed by atoms with Crippen LogP contribution in [-0.2, 0) is 0 Å². The van der Waals surface area contributed by atoms with Gasteiger partial charge in [-0.3, -0.25) is 4.79 Å². The Morgan fingerprint density at radius 1 is 1.31 bits per heavy atom. The fourth-order valence-corrected chi connectivity index (χ4v) is 1.39. The number of hydrogen-bond donors (Lipinski definition) is 2. The minimum absolute atomic E-state index is 0.0359. The molecular weight excluding hydrogens is 164 g/mol. The van der Waals surface area contributed by atoms with Crippen molar-refractivity contribution in [2.45, 2.75) is 6.92 Å². The van der Waals surface area contributed by atoms with E-state index in [0.717, 1.165) is 11.1 Å². The highest BCUT2D eigenvalue weighted by atomic mass is 16.1. The average Bonchev–Trinajstić information content (AvgIpc) is 2.02. The van der Waals surface area contributed by atoms with E-state index >= 15 is 0 Å². The first-order valence-corrected chi connectivity index (χ1v) is 4.06. The van der Waals surface area contributed by atoms with E-state index < -0.39 is 0 Å². The highest BCUT2D eigenvalue weighted by Crippen LogP contribution is 2.10. The summed E-state index contributed by atoms with van der Waals surface area (Å²) in [6.45, 7) is 1.97. The maximum Gasteiger partial charge on any atom is 0.191 e. The molecule has 0 radical (unpaired) electrons. The smallest absolute Gasteiger partial charge is 0.191 e. The highest BCUT2D eigenvalue weighted by molar-refractivity contribution is 5.80. The molecule has 0 saturated heterocycles. The lowest BCUT2D eigenvalue weighted by Crippen LogP contribution is -2.04. The Labute approximate surface area is 75.2 Å². The summed E-state index contributed by atoms with van der Waals surface area (Å²) in [4.78, 5) is 14.4. The summed E-state index contributed by atoms with van der Waals surface area (Å²) in [6.07, 6.45) is 0. The second kappa shape index (κ2) is 2.62. The molecule has 3 N–H and O–H groups in total. The van der Waals surface area contributed by atoms with Crippen LogP contribution in [0.1, 0.15) is 5.56 Å². The molecule has 1 heterocycles. The SMILES string of the molecule is Cc1ccc2c(=O)cc(N)[nH]c2c1. The van der Waals surface area contributed by atoms with Gasteiger partial charge in [-0.1, -0.05) is 6.07 Å². The number of nitrogens with one attached hydrogen (secondary N) is 1. The molecule has 2 rings (SSSR count). The second-order valence-electron chi connectivity index (χ2n) is 3.14. The van der Waals surface area contributed by atoms with E-state index in [9.17, 15) is 4.79 Å². The zero-order valence-electron chi connectivity index (χ0n) is 7.29. The molecule has 1 aromatic carbocycles. The first-order chi connectivity index (χ1) is 6.16. The molecule has 1 aromatic heterocycles. The fraction of sp³-hybridized carbons (Fsp3) is 0.100. The minimum atomic E-state index is -0.0359. The van der Waals surface area contributed by atoms with Gasteiger partial charge in [0.25, 0.3) is 0 Å². The van der Waals surface area contributed by atoms with E-state index in [1.54, 1.807) is 0 Å². The Balaban J connectivity index is 2.95. The first-order valence-electron chi connectivity index (χ1n) is 4.06. The van der Waals surface area contributed by atoms with Gasteiger partial charge < -0.3 is 10.7 Å². The minimum Gasteiger partial charge on any atom is -0.385 e. The lowest BCUT2D eigenvalue weighted by molar-refractivity contribution is 1.37. The largest absolute Gasteiger partial charge is 0.385 e. The van der Waals surface area contributed by atoms with Crippen molar-refractivity contribution in [2.75, 3.05) is 5.73 Å². The molecule has 0 atom stereocenters. The van der Waals surface area contributed by atoms with Crippen LogP contribution in [0.5, 0.6) is 0 Å². The molecule has 0 bridgehead atoms. The summed E-state index contributed by atoms with van der Waals surface area (Å²) >= 11 is 0. The Morgan fingerprint density at radius 3 is 2.85 bits per heavy atom. The topological polar surface area (TPSA) is 58.9 Å². The van der Waals surface area contributed by atoms with E-state index in [-0.39, 0.29) is 5.43 Å². The van der Waals surface area contributed by atoms with Gasteiger partial charge in [0.15, 0.2) is 5.43 Å². The molecule has 0 unspecified atom stereocenters. The number of aryl methyl sites for hydroxylation is 1. The van der Waals surface area contributed by atoms with E-state index in [1.807, 2.05) is 25.1 Å². The lowest BCUT2D eigenvalue weighted by atomic mass is 10.1. The normalized spacial score (nSPS) is 10.5. The van der Waals surface area contributed by atoms with E-state index in [4.69, 9.17) is 5.73 Å². The van der Waals surface area contributed by atoms with Gasteiger partial charge in [-0.25, -0.2) is 0 Å². The maximum absolute atomic E-state index is 11.4. The molecule has 2 aromatic rings. The van der Waals surface area contributed by atoms with E-state index in [1.165, 1.54) is 6.07 Å². The predicted octanol–water partition coefficient (Wildman–Crippen LogP) is 1.42. The Hall–Kier alpha value is -1.77. The van der Waals surface area contributed by atoms with Crippen molar-refractivity contribution in [3.63, 3.8) is 0 Å². The van der Waals surface area contributed by atoms with Crippen LogP contribution in [-0.4, -0.2) is 4.98 Å². The molecule has 13 heavy (non-hydrogen) atoms. The van der Waals surface area contributed by atoms with Crippen LogP contribution in [0.3, 0.4) is 0 Å². The molecule has 66 valence electrons. The second-order valence-corrected chi connectivity index (χ2v) is 3.14. The summed E-state index contributed by atoms with van der Waals surface area (Å²) in [5.74, 6) is 0.406. The molecule has 0 fully saturated rings. The number of nitrogen functional groups attached to an aromatic ring is 1. The predicted molar refractivity (Wildman–Crippen MR) is 53.7 cm³/mol. The van der Waals surface area contributed by atoms with Gasteiger partial charge >= 0.3 is 0 Å². The number of H-pyrrole nitrogens is 1. The molecule has 3 nitrogen and oxygen atoms in total. The highest BCUT2D eigenvalue weighted by Gasteiger charge is 1.99. The van der Waals surface area contributed by atoms with E-state index in [0.29, 0.717) is 11.2 Å². The van der Waals surface area contributed by atoms with Crippen LogP contribution < -0.4 is 11.2 Å². The average molecular weight is 174 g/mol. The van der Waals surface area contributed by atoms with Crippen LogP contribution in [0.25, 0.3) is 10.9 Å². The van der Waals surface area contributed by atoms with Crippen LogP contribution >= 0.6 is 0 Å². The number of aromatic amines is 1. The summed E-state index contributed by atoms with van der Waals surface area (Å²) in [7, 11) is 0. The molecule has 0 aliphatic rings. The van der Waals surface area contributed by atoms with Crippen molar-refractivity contribution in [1.29, 1.82) is 0 Å². The standard InChI is InChI=1S/C10H10N2O/c1-6-2-3-7-8(4-6)12-10(11)5-9(7)13/h2-5H,1H3,(H3,11,12,13). The Kier molecular flexibility index (Phi) is 1.59. The monoisotopic (exact) mass is 174 g/mol. The third-order valence-electron chi connectivity index (χ3n) is 2.01. The number of aromatic nitrogens is 1. The van der Waals surface area contributed by atoms with Crippen molar-refractivity contribution in [3.05, 3.63) is 40.1 Å². The van der Waals surface area contributed by atoms with Crippen LogP contribution in [0, 0.1) is 6.92 Å². The molecular formula is C10H10N2O. The van der Waals surface area contributed by atoms with Gasteiger partial charge in [0.2, 0.25) is 0 Å². The van der Waals surface area contributed by atoms with Crippen LogP contribution in [0.4, 0.5) is 5.82 Å². The summed E-state index contributed by atoms with van der Waals surface area (Å²) < 4.78 is 0. The molecule has 0 spiro atoms. The molecule has 3 heteroatoms. The van der Waals surface area contributed by atoms with Crippen molar-refractivity contribution < 1.29 is 0 Å². The number of rotatable bonds is 0. The van der Waals surface area contributed by atoms with Gasteiger partial charge in [0.05, 0.1) is 5.52 Å². The summed E-state index contributed by atoms with van der Waals surface area (Å²) in [5, 5.41) is 0.680. The number of fused-ring (bicyclic) bond motifs is 1. The van der Waals surface area contributed by atoms with Crippen LogP contribution in [0.15, 0.2) is 29.1 Å². The molecule has 0 saturated carbocycles. The van der Waals surface area contributed by atoms with Gasteiger partial charge in [-0.2, -0.15) is 0 Å². The Bertz CT molecular complexity index is 509. The van der Waals surface area contributed by atoms with Crippen molar-refractivity contribution in [3.8, 4) is 0 Å². The molecule has 0 amide bonds. The van der Waals surface area contributed by atoms with Gasteiger partial charge in [0, 0.05) is 11.5 Å². The lowest BCUT2D eigenvalue weighted by Gasteiger charge is -2.00. The van der Waals surface area contributed by atoms with Gasteiger partial charge in [-0.05, 0) is 24.6 Å². The third-order valence-corrected chi connectivity index (χ3v) is 2.01. The van der Waals surface area contributed by atoms with E-state index in [2.05, 4.69) is 4.98 Å². The quantitative estimate of drug-likeness (QED) is 0.634. The number of anilines is 1. The van der Waals surface area contributed by atoms with Crippen molar-refractivity contribution in [2.24, 2.45) is 0 Å². The fourth-order valence-electron chi connectivity index (χ4n) is 1.39.